The third-order valence-electron chi connectivity index (χ3n) is 2.89. The molecule has 0 unspecified atom stereocenters. The molecule has 16 heavy (non-hydrogen) atoms. The van der Waals surface area contributed by atoms with Gasteiger partial charge in [-0.3, -0.25) is 0 Å². The SMILES string of the molecule is CN1CCN(c2ccnc(CCN)n2)CC1. The number of piperazine rings is 1. The first-order valence-electron chi connectivity index (χ1n) is 5.75. The monoisotopic (exact) mass is 221 g/mol. The van der Waals surface area contributed by atoms with E-state index in [1.54, 1.807) is 0 Å². The van der Waals surface area contributed by atoms with Gasteiger partial charge in [-0.15, -0.1) is 0 Å². The standard InChI is InChI=1S/C11H19N5/c1-15-6-8-16(9-7-15)11-3-5-13-10(14-11)2-4-12/h3,5H,2,4,6-9,12H2,1H3. The molecule has 2 rings (SSSR count). The van der Waals surface area contributed by atoms with Gasteiger partial charge in [0.2, 0.25) is 0 Å². The minimum absolute atomic E-state index is 0.603. The lowest BCUT2D eigenvalue weighted by molar-refractivity contribution is 0.312. The molecule has 0 radical (unpaired) electrons. The Morgan fingerprint density at radius 2 is 2.06 bits per heavy atom. The van der Waals surface area contributed by atoms with Crippen LogP contribution in [-0.4, -0.2) is 54.6 Å². The summed E-state index contributed by atoms with van der Waals surface area (Å²) in [5.74, 6) is 1.88. The molecule has 2 N–H and O–H groups in total. The Morgan fingerprint density at radius 3 is 2.75 bits per heavy atom. The molecule has 2 heterocycles. The van der Waals surface area contributed by atoms with Gasteiger partial charge in [0.1, 0.15) is 11.6 Å². The van der Waals surface area contributed by atoms with Gasteiger partial charge in [0, 0.05) is 38.8 Å². The Morgan fingerprint density at radius 1 is 1.31 bits per heavy atom. The van der Waals surface area contributed by atoms with E-state index in [1.807, 2.05) is 12.3 Å². The molecule has 0 spiro atoms. The zero-order valence-electron chi connectivity index (χ0n) is 9.76. The normalized spacial score (nSPS) is 17.8. The van der Waals surface area contributed by atoms with Crippen LogP contribution in [0.4, 0.5) is 5.82 Å². The largest absolute Gasteiger partial charge is 0.354 e. The zero-order chi connectivity index (χ0) is 11.4. The fraction of sp³-hybridized carbons (Fsp3) is 0.636. The lowest BCUT2D eigenvalue weighted by atomic mass is 10.3. The summed E-state index contributed by atoms with van der Waals surface area (Å²) >= 11 is 0. The van der Waals surface area contributed by atoms with E-state index >= 15 is 0 Å². The Hall–Kier alpha value is -1.20. The maximum Gasteiger partial charge on any atom is 0.132 e. The number of rotatable bonds is 3. The molecule has 1 aliphatic rings. The molecule has 1 saturated heterocycles. The third-order valence-corrected chi connectivity index (χ3v) is 2.89. The van der Waals surface area contributed by atoms with Crippen molar-refractivity contribution in [1.29, 1.82) is 0 Å². The second-order valence-corrected chi connectivity index (χ2v) is 4.16. The molecule has 0 aromatic carbocycles. The maximum atomic E-state index is 5.51. The first-order valence-corrected chi connectivity index (χ1v) is 5.75. The van der Waals surface area contributed by atoms with Crippen molar-refractivity contribution in [2.45, 2.75) is 6.42 Å². The summed E-state index contributed by atoms with van der Waals surface area (Å²) in [6.45, 7) is 4.86. The predicted molar refractivity (Wildman–Crippen MR) is 64.5 cm³/mol. The lowest BCUT2D eigenvalue weighted by Crippen LogP contribution is -2.44. The second kappa shape index (κ2) is 5.23. The van der Waals surface area contributed by atoms with Gasteiger partial charge in [-0.2, -0.15) is 0 Å². The molecule has 5 heteroatoms. The molecule has 1 aromatic heterocycles. The number of likely N-dealkylation sites (N-methyl/N-ethyl adjacent to an activating group) is 1. The molecule has 0 bridgehead atoms. The number of nitrogens with two attached hydrogens (primary N) is 1. The zero-order valence-corrected chi connectivity index (χ0v) is 9.76. The minimum atomic E-state index is 0.603. The van der Waals surface area contributed by atoms with Crippen molar-refractivity contribution in [3.05, 3.63) is 18.1 Å². The summed E-state index contributed by atoms with van der Waals surface area (Å²) in [5, 5.41) is 0. The van der Waals surface area contributed by atoms with Gasteiger partial charge in [0.25, 0.3) is 0 Å². The van der Waals surface area contributed by atoms with Crippen molar-refractivity contribution >= 4 is 5.82 Å². The molecular formula is C11H19N5. The van der Waals surface area contributed by atoms with Gasteiger partial charge in [0.05, 0.1) is 0 Å². The van der Waals surface area contributed by atoms with Crippen LogP contribution < -0.4 is 10.6 Å². The molecule has 5 nitrogen and oxygen atoms in total. The second-order valence-electron chi connectivity index (χ2n) is 4.16. The number of hydrogen-bond acceptors (Lipinski definition) is 5. The van der Waals surface area contributed by atoms with Crippen LogP contribution in [0.3, 0.4) is 0 Å². The number of nitrogens with zero attached hydrogens (tertiary/aromatic N) is 4. The first kappa shape index (κ1) is 11.3. The predicted octanol–water partition coefficient (Wildman–Crippen LogP) is -0.270. The Labute approximate surface area is 96.3 Å². The van der Waals surface area contributed by atoms with E-state index in [0.717, 1.165) is 44.2 Å². The quantitative estimate of drug-likeness (QED) is 0.761. The number of anilines is 1. The summed E-state index contributed by atoms with van der Waals surface area (Å²) in [5.41, 5.74) is 5.51. The van der Waals surface area contributed by atoms with Crippen molar-refractivity contribution in [3.63, 3.8) is 0 Å². The maximum absolute atomic E-state index is 5.51. The summed E-state index contributed by atoms with van der Waals surface area (Å²) in [7, 11) is 2.15. The van der Waals surface area contributed by atoms with E-state index in [0.29, 0.717) is 6.54 Å². The fourth-order valence-electron chi connectivity index (χ4n) is 1.85. The van der Waals surface area contributed by atoms with Crippen molar-refractivity contribution < 1.29 is 0 Å². The molecule has 1 aromatic rings. The molecule has 88 valence electrons. The van der Waals surface area contributed by atoms with Crippen molar-refractivity contribution in [2.24, 2.45) is 5.73 Å². The average molecular weight is 221 g/mol. The Balaban J connectivity index is 2.05. The van der Waals surface area contributed by atoms with Crippen molar-refractivity contribution in [2.75, 3.05) is 44.7 Å². The molecule has 1 fully saturated rings. The van der Waals surface area contributed by atoms with Crippen LogP contribution in [0.25, 0.3) is 0 Å². The lowest BCUT2D eigenvalue weighted by Gasteiger charge is -2.33. The highest BCUT2D eigenvalue weighted by Crippen LogP contribution is 2.12. The Bertz CT molecular complexity index is 333. The van der Waals surface area contributed by atoms with Crippen molar-refractivity contribution in [1.82, 2.24) is 14.9 Å². The van der Waals surface area contributed by atoms with Gasteiger partial charge in [-0.25, -0.2) is 9.97 Å². The Kier molecular flexibility index (Phi) is 3.69. The van der Waals surface area contributed by atoms with Gasteiger partial charge in [-0.05, 0) is 19.7 Å². The van der Waals surface area contributed by atoms with Crippen LogP contribution in [0.1, 0.15) is 5.82 Å². The van der Waals surface area contributed by atoms with E-state index in [-0.39, 0.29) is 0 Å². The molecule has 0 amide bonds. The summed E-state index contributed by atoms with van der Waals surface area (Å²) in [6, 6.07) is 1.98. The van der Waals surface area contributed by atoms with Crippen LogP contribution in [0, 0.1) is 0 Å². The topological polar surface area (TPSA) is 58.3 Å². The molecular weight excluding hydrogens is 202 g/mol. The van der Waals surface area contributed by atoms with Gasteiger partial charge in [-0.1, -0.05) is 0 Å². The molecule has 0 atom stereocenters. The van der Waals surface area contributed by atoms with E-state index in [2.05, 4.69) is 26.8 Å². The van der Waals surface area contributed by atoms with E-state index in [1.165, 1.54) is 0 Å². The highest BCUT2D eigenvalue weighted by molar-refractivity contribution is 5.38. The van der Waals surface area contributed by atoms with E-state index in [9.17, 15) is 0 Å². The van der Waals surface area contributed by atoms with E-state index < -0.39 is 0 Å². The van der Waals surface area contributed by atoms with E-state index in [4.69, 9.17) is 5.73 Å². The molecule has 1 aliphatic heterocycles. The van der Waals surface area contributed by atoms with Crippen LogP contribution in [0.2, 0.25) is 0 Å². The van der Waals surface area contributed by atoms with Crippen molar-refractivity contribution in [3.8, 4) is 0 Å². The first-order chi connectivity index (χ1) is 7.79. The highest BCUT2D eigenvalue weighted by Gasteiger charge is 2.15. The summed E-state index contributed by atoms with van der Waals surface area (Å²) in [6.07, 6.45) is 2.58. The van der Waals surface area contributed by atoms with Crippen LogP contribution >= 0.6 is 0 Å². The minimum Gasteiger partial charge on any atom is -0.354 e. The van der Waals surface area contributed by atoms with Gasteiger partial charge < -0.3 is 15.5 Å². The molecule has 0 saturated carbocycles. The summed E-state index contributed by atoms with van der Waals surface area (Å²) in [4.78, 5) is 13.4. The fourth-order valence-corrected chi connectivity index (χ4v) is 1.85. The smallest absolute Gasteiger partial charge is 0.132 e. The average Bonchev–Trinajstić information content (AvgIpc) is 2.31. The van der Waals surface area contributed by atoms with Gasteiger partial charge >= 0.3 is 0 Å². The number of hydrogen-bond donors (Lipinski definition) is 1. The molecule has 0 aliphatic carbocycles. The van der Waals surface area contributed by atoms with Crippen LogP contribution in [0.5, 0.6) is 0 Å². The van der Waals surface area contributed by atoms with Gasteiger partial charge in [0.15, 0.2) is 0 Å². The number of aromatic nitrogens is 2. The summed E-state index contributed by atoms with van der Waals surface area (Å²) < 4.78 is 0. The van der Waals surface area contributed by atoms with Crippen LogP contribution in [0.15, 0.2) is 12.3 Å². The van der Waals surface area contributed by atoms with Crippen LogP contribution in [-0.2, 0) is 6.42 Å². The third kappa shape index (κ3) is 2.68. The highest BCUT2D eigenvalue weighted by atomic mass is 15.3.